The third kappa shape index (κ3) is 5.66. The van der Waals surface area contributed by atoms with Crippen molar-refractivity contribution in [3.63, 3.8) is 0 Å². The van der Waals surface area contributed by atoms with E-state index in [1.54, 1.807) is 41.3 Å². The molecule has 0 amide bonds. The number of nitrogens with zero attached hydrogens (tertiary/aromatic N) is 3. The van der Waals surface area contributed by atoms with E-state index in [0.717, 1.165) is 17.3 Å². The molecular weight excluding hydrogens is 410 g/mol. The van der Waals surface area contributed by atoms with Crippen LogP contribution in [0.3, 0.4) is 0 Å². The summed E-state index contributed by atoms with van der Waals surface area (Å²) < 4.78 is 20.8. The molecule has 0 saturated carbocycles. The molecule has 0 aliphatic heterocycles. The second kappa shape index (κ2) is 9.50. The number of carboxylic acids is 1. The van der Waals surface area contributed by atoms with Crippen LogP contribution in [-0.4, -0.2) is 31.9 Å². The largest absolute Gasteiger partial charge is 0.481 e. The molecule has 0 aliphatic carbocycles. The molecule has 3 rings (SSSR count). The molecule has 10 heteroatoms. The van der Waals surface area contributed by atoms with Crippen molar-refractivity contribution in [2.75, 3.05) is 0 Å². The minimum atomic E-state index is -0.933. The zero-order valence-corrected chi connectivity index (χ0v) is 16.0. The van der Waals surface area contributed by atoms with Gasteiger partial charge in [0.15, 0.2) is 5.82 Å². The van der Waals surface area contributed by atoms with Gasteiger partial charge >= 0.3 is 5.97 Å². The Morgan fingerprint density at radius 1 is 1.32 bits per heavy atom. The van der Waals surface area contributed by atoms with E-state index in [1.165, 1.54) is 6.20 Å². The van der Waals surface area contributed by atoms with Gasteiger partial charge in [0.05, 0.1) is 23.3 Å². The summed E-state index contributed by atoms with van der Waals surface area (Å²) in [5, 5.41) is 13.2. The Morgan fingerprint density at radius 3 is 2.68 bits per heavy atom. The third-order valence-electron chi connectivity index (χ3n) is 3.66. The minimum absolute atomic E-state index is 0. The predicted molar refractivity (Wildman–Crippen MR) is 104 cm³/mol. The molecule has 0 radical (unpaired) electrons. The highest BCUT2D eigenvalue weighted by Gasteiger charge is 2.11. The van der Waals surface area contributed by atoms with Gasteiger partial charge in [-0.05, 0) is 42.3 Å². The summed E-state index contributed by atoms with van der Waals surface area (Å²) in [6, 6.07) is 7.45. The number of pyridine rings is 1. The maximum Gasteiger partial charge on any atom is 0.304 e. The molecule has 1 atom stereocenters. The number of hydrogen-bond acceptors (Lipinski definition) is 5. The molecule has 0 aliphatic rings. The Kier molecular flexibility index (Phi) is 7.33. The molecular formula is C18H17Cl2FN4O3. The van der Waals surface area contributed by atoms with Gasteiger partial charge in [-0.1, -0.05) is 11.6 Å². The van der Waals surface area contributed by atoms with E-state index >= 15 is 0 Å². The van der Waals surface area contributed by atoms with Crippen LogP contribution in [0.5, 0.6) is 11.6 Å². The second-order valence-corrected chi connectivity index (χ2v) is 6.33. The van der Waals surface area contributed by atoms with Crippen molar-refractivity contribution in [3.8, 4) is 17.3 Å². The van der Waals surface area contributed by atoms with Crippen molar-refractivity contribution in [1.82, 2.24) is 14.8 Å². The fraction of sp³-hybridized carbons (Fsp3) is 0.167. The highest BCUT2D eigenvalue weighted by atomic mass is 35.5. The number of carbonyl (C=O) groups is 1. The smallest absolute Gasteiger partial charge is 0.304 e. The molecule has 2 heterocycles. The maximum absolute atomic E-state index is 13.7. The molecule has 148 valence electrons. The number of aliphatic carboxylic acids is 1. The number of ether oxygens (including phenoxy) is 1. The molecule has 0 bridgehead atoms. The van der Waals surface area contributed by atoms with E-state index in [1.807, 2.05) is 0 Å². The van der Waals surface area contributed by atoms with E-state index < -0.39 is 17.8 Å². The maximum atomic E-state index is 13.7. The van der Waals surface area contributed by atoms with Gasteiger partial charge in [-0.15, -0.1) is 12.4 Å². The van der Waals surface area contributed by atoms with Crippen LogP contribution < -0.4 is 10.5 Å². The summed E-state index contributed by atoms with van der Waals surface area (Å²) in [4.78, 5) is 14.5. The van der Waals surface area contributed by atoms with Gasteiger partial charge in [0.1, 0.15) is 5.75 Å². The zero-order valence-electron chi connectivity index (χ0n) is 14.5. The van der Waals surface area contributed by atoms with E-state index in [4.69, 9.17) is 27.2 Å². The molecule has 3 aromatic rings. The van der Waals surface area contributed by atoms with Gasteiger partial charge in [-0.2, -0.15) is 5.10 Å². The van der Waals surface area contributed by atoms with Crippen LogP contribution in [0.15, 0.2) is 48.9 Å². The van der Waals surface area contributed by atoms with Crippen LogP contribution >= 0.6 is 24.0 Å². The van der Waals surface area contributed by atoms with Gasteiger partial charge in [0.25, 0.3) is 5.88 Å². The van der Waals surface area contributed by atoms with Crippen LogP contribution in [0.25, 0.3) is 5.69 Å². The number of rotatable bonds is 7. The summed E-state index contributed by atoms with van der Waals surface area (Å²) in [6.45, 7) is 0. The summed E-state index contributed by atoms with van der Waals surface area (Å²) in [7, 11) is 0. The summed E-state index contributed by atoms with van der Waals surface area (Å²) >= 11 is 5.66. The first kappa shape index (κ1) is 21.6. The van der Waals surface area contributed by atoms with Crippen LogP contribution in [0, 0.1) is 5.82 Å². The number of hydrogen-bond donors (Lipinski definition) is 2. The van der Waals surface area contributed by atoms with Crippen molar-refractivity contribution >= 4 is 30.0 Å². The molecule has 0 unspecified atom stereocenters. The highest BCUT2D eigenvalue weighted by Crippen LogP contribution is 2.25. The summed E-state index contributed by atoms with van der Waals surface area (Å²) in [5.41, 5.74) is 7.37. The van der Waals surface area contributed by atoms with Crippen LogP contribution in [0.2, 0.25) is 5.02 Å². The summed E-state index contributed by atoms with van der Waals surface area (Å²) in [6.07, 6.45) is 5.02. The second-order valence-electron chi connectivity index (χ2n) is 5.89. The van der Waals surface area contributed by atoms with E-state index in [-0.39, 0.29) is 29.7 Å². The Hall–Kier alpha value is -2.68. The topological polar surface area (TPSA) is 103 Å². The Labute approximate surface area is 171 Å². The predicted octanol–water partition coefficient (Wildman–Crippen LogP) is 3.62. The van der Waals surface area contributed by atoms with Gasteiger partial charge in [-0.25, -0.2) is 14.1 Å². The normalized spacial score (nSPS) is 11.5. The number of carboxylic acid groups (broad SMARTS) is 1. The first-order valence-corrected chi connectivity index (χ1v) is 8.39. The molecule has 28 heavy (non-hydrogen) atoms. The van der Waals surface area contributed by atoms with E-state index in [9.17, 15) is 9.18 Å². The van der Waals surface area contributed by atoms with Gasteiger partial charge in [0, 0.05) is 18.4 Å². The number of aromatic nitrogens is 3. The lowest BCUT2D eigenvalue weighted by molar-refractivity contribution is -0.137. The Morgan fingerprint density at radius 2 is 2.04 bits per heavy atom. The van der Waals surface area contributed by atoms with Crippen molar-refractivity contribution in [2.24, 2.45) is 5.73 Å². The Bertz CT molecular complexity index is 950. The van der Waals surface area contributed by atoms with E-state index in [0.29, 0.717) is 12.2 Å². The van der Waals surface area contributed by atoms with Gasteiger partial charge in [-0.3, -0.25) is 4.79 Å². The number of benzene rings is 1. The van der Waals surface area contributed by atoms with Crippen LogP contribution in [0.1, 0.15) is 12.0 Å². The SMILES string of the molecule is Cl.N[C@H](CC(=O)O)Cc1cnn(-c2ccc(Oc3ncc(Cl)cc3F)cc2)c1. The molecule has 0 fully saturated rings. The molecule has 0 saturated heterocycles. The van der Waals surface area contributed by atoms with E-state index in [2.05, 4.69) is 10.1 Å². The fourth-order valence-electron chi connectivity index (χ4n) is 2.46. The zero-order chi connectivity index (χ0) is 19.4. The van der Waals surface area contributed by atoms with Gasteiger partial charge < -0.3 is 15.6 Å². The highest BCUT2D eigenvalue weighted by molar-refractivity contribution is 6.30. The molecule has 1 aromatic carbocycles. The monoisotopic (exact) mass is 426 g/mol. The molecule has 2 aromatic heterocycles. The van der Waals surface area contributed by atoms with Gasteiger partial charge in [0.2, 0.25) is 0 Å². The number of nitrogens with two attached hydrogens (primary N) is 1. The fourth-order valence-corrected chi connectivity index (χ4v) is 2.61. The first-order chi connectivity index (χ1) is 12.9. The average molecular weight is 427 g/mol. The molecule has 0 spiro atoms. The third-order valence-corrected chi connectivity index (χ3v) is 3.87. The lowest BCUT2D eigenvalue weighted by Crippen LogP contribution is -2.25. The quantitative estimate of drug-likeness (QED) is 0.597. The summed E-state index contributed by atoms with van der Waals surface area (Å²) in [5.74, 6) is -1.35. The van der Waals surface area contributed by atoms with Crippen LogP contribution in [0.4, 0.5) is 4.39 Å². The van der Waals surface area contributed by atoms with Crippen molar-refractivity contribution in [1.29, 1.82) is 0 Å². The van der Waals surface area contributed by atoms with Crippen molar-refractivity contribution in [2.45, 2.75) is 18.9 Å². The first-order valence-electron chi connectivity index (χ1n) is 8.01. The Balaban J connectivity index is 0.00000280. The lowest BCUT2D eigenvalue weighted by Gasteiger charge is -2.07. The minimum Gasteiger partial charge on any atom is -0.481 e. The lowest BCUT2D eigenvalue weighted by atomic mass is 10.1. The van der Waals surface area contributed by atoms with Crippen molar-refractivity contribution < 1.29 is 19.0 Å². The average Bonchev–Trinajstić information content (AvgIpc) is 3.05. The van der Waals surface area contributed by atoms with Crippen molar-refractivity contribution in [3.05, 3.63) is 65.3 Å². The number of halogens is 3. The standard InChI is InChI=1S/C18H16ClFN4O3.ClH/c19-12-6-16(20)18(22-9-12)27-15-3-1-14(2-4-15)24-10-11(8-23-24)5-13(21)7-17(25)26;/h1-4,6,8-10,13H,5,7,21H2,(H,25,26);1H/t13-;/m0./s1. The molecule has 3 N–H and O–H groups in total. The molecule has 7 nitrogen and oxygen atoms in total. The van der Waals surface area contributed by atoms with Crippen LogP contribution in [-0.2, 0) is 11.2 Å².